The van der Waals surface area contributed by atoms with E-state index in [4.69, 9.17) is 5.11 Å². The molecule has 2 aliphatic carbocycles. The Balaban J connectivity index is 1.67. The Morgan fingerprint density at radius 3 is 2.57 bits per heavy atom. The first kappa shape index (κ1) is 18.7. The van der Waals surface area contributed by atoms with Crippen LogP contribution in [0.25, 0.3) is 0 Å². The smallest absolute Gasteiger partial charge is 0.342 e. The summed E-state index contributed by atoms with van der Waals surface area (Å²) in [6.07, 6.45) is 7.68. The van der Waals surface area contributed by atoms with Crippen molar-refractivity contribution in [3.05, 3.63) is 29.3 Å². The number of hydrogen-bond donors (Lipinski definition) is 2. The molecule has 28 heavy (non-hydrogen) atoms. The number of fused-ring (bicyclic) bond motifs is 1. The highest BCUT2D eigenvalue weighted by molar-refractivity contribution is 6.11. The predicted molar refractivity (Wildman–Crippen MR) is 104 cm³/mol. The Morgan fingerprint density at radius 2 is 1.89 bits per heavy atom. The number of urea groups is 1. The molecule has 2 N–H and O–H groups in total. The van der Waals surface area contributed by atoms with Gasteiger partial charge in [-0.2, -0.15) is 5.10 Å². The Hall–Kier alpha value is -2.70. The SMILES string of the molecule is O=C(O)CN1N=C(C2CCCCC2)c2ccc(CC(=O)C3CC3)cc2NC1=O. The molecule has 3 aliphatic rings. The number of benzene rings is 1. The fraction of sp³-hybridized carbons (Fsp3) is 0.524. The van der Waals surface area contributed by atoms with Gasteiger partial charge in [-0.3, -0.25) is 9.59 Å². The Kier molecular flexibility index (Phi) is 5.15. The van der Waals surface area contributed by atoms with Gasteiger partial charge in [0.15, 0.2) is 0 Å². The van der Waals surface area contributed by atoms with Crippen molar-refractivity contribution in [1.82, 2.24) is 5.01 Å². The third kappa shape index (κ3) is 4.08. The molecule has 148 valence electrons. The Bertz CT molecular complexity index is 838. The van der Waals surface area contributed by atoms with Crippen LogP contribution in [0, 0.1) is 11.8 Å². The summed E-state index contributed by atoms with van der Waals surface area (Å²) in [4.78, 5) is 35.9. The highest BCUT2D eigenvalue weighted by Crippen LogP contribution is 2.34. The number of hydrazone groups is 1. The van der Waals surface area contributed by atoms with Gasteiger partial charge in [-0.1, -0.05) is 31.4 Å². The zero-order valence-electron chi connectivity index (χ0n) is 15.8. The molecule has 2 fully saturated rings. The van der Waals surface area contributed by atoms with Gasteiger partial charge in [0.2, 0.25) is 0 Å². The van der Waals surface area contributed by atoms with Gasteiger partial charge in [0.25, 0.3) is 0 Å². The Morgan fingerprint density at radius 1 is 1.14 bits per heavy atom. The van der Waals surface area contributed by atoms with E-state index in [2.05, 4.69) is 10.4 Å². The number of nitrogens with one attached hydrogen (secondary N) is 1. The highest BCUT2D eigenvalue weighted by Gasteiger charge is 2.31. The summed E-state index contributed by atoms with van der Waals surface area (Å²) >= 11 is 0. The average Bonchev–Trinajstić information content (AvgIpc) is 3.51. The van der Waals surface area contributed by atoms with Gasteiger partial charge in [0.1, 0.15) is 12.3 Å². The molecule has 0 spiro atoms. The van der Waals surface area contributed by atoms with E-state index in [1.807, 2.05) is 18.2 Å². The van der Waals surface area contributed by atoms with Gasteiger partial charge < -0.3 is 10.4 Å². The van der Waals surface area contributed by atoms with E-state index in [-0.39, 0.29) is 17.6 Å². The van der Waals surface area contributed by atoms with Crippen LogP contribution in [0.5, 0.6) is 0 Å². The highest BCUT2D eigenvalue weighted by atomic mass is 16.4. The number of Topliss-reactive ketones (excluding diaryl/α,β-unsaturated/α-hetero) is 1. The lowest BCUT2D eigenvalue weighted by molar-refractivity contribution is -0.137. The van der Waals surface area contributed by atoms with E-state index in [1.165, 1.54) is 6.42 Å². The quantitative estimate of drug-likeness (QED) is 0.786. The van der Waals surface area contributed by atoms with Gasteiger partial charge in [-0.05, 0) is 37.3 Å². The molecular weight excluding hydrogens is 358 g/mol. The summed E-state index contributed by atoms with van der Waals surface area (Å²) in [6.45, 7) is -0.483. The molecule has 0 bridgehead atoms. The van der Waals surface area contributed by atoms with E-state index in [9.17, 15) is 14.4 Å². The van der Waals surface area contributed by atoms with Gasteiger partial charge in [0.05, 0.1) is 11.4 Å². The minimum Gasteiger partial charge on any atom is -0.480 e. The molecule has 1 aromatic carbocycles. The standard InChI is InChI=1S/C21H25N3O4/c25-18(14-7-8-14)11-13-6-9-16-17(10-13)22-21(28)24(12-19(26)27)23-20(16)15-4-2-1-3-5-15/h6,9-10,14-15H,1-5,7-8,11-12H2,(H,22,28)(H,26,27). The molecule has 1 aromatic rings. The number of anilines is 1. The topological polar surface area (TPSA) is 99.1 Å². The normalized spacial score (nSPS) is 20.1. The molecule has 7 heteroatoms. The fourth-order valence-corrected chi connectivity index (χ4v) is 4.10. The molecule has 7 nitrogen and oxygen atoms in total. The van der Waals surface area contributed by atoms with Gasteiger partial charge in [-0.25, -0.2) is 9.80 Å². The number of carboxylic acid groups (broad SMARTS) is 1. The van der Waals surface area contributed by atoms with E-state index in [0.29, 0.717) is 12.1 Å². The average molecular weight is 383 g/mol. The molecule has 1 heterocycles. The van der Waals surface area contributed by atoms with Crippen LogP contribution < -0.4 is 5.32 Å². The summed E-state index contributed by atoms with van der Waals surface area (Å²) < 4.78 is 0. The number of rotatable bonds is 6. The van der Waals surface area contributed by atoms with Crippen molar-refractivity contribution in [3.63, 3.8) is 0 Å². The largest absolute Gasteiger partial charge is 0.480 e. The predicted octanol–water partition coefficient (Wildman–Crippen LogP) is 3.42. The van der Waals surface area contributed by atoms with Gasteiger partial charge in [-0.15, -0.1) is 0 Å². The number of aliphatic carboxylic acids is 1. The van der Waals surface area contributed by atoms with Crippen LogP contribution in [0.3, 0.4) is 0 Å². The van der Waals surface area contributed by atoms with Crippen LogP contribution in [0.1, 0.15) is 56.1 Å². The number of carbonyl (C=O) groups excluding carboxylic acids is 2. The molecule has 0 unspecified atom stereocenters. The number of carboxylic acids is 1. The number of hydrogen-bond acceptors (Lipinski definition) is 4. The van der Waals surface area contributed by atoms with Crippen LogP contribution in [0.15, 0.2) is 23.3 Å². The maximum absolute atomic E-state index is 12.6. The van der Waals surface area contributed by atoms with Crippen LogP contribution in [-0.4, -0.2) is 40.2 Å². The summed E-state index contributed by atoms with van der Waals surface area (Å²) in [5, 5.41) is 17.4. The van der Waals surface area contributed by atoms with Crippen molar-refractivity contribution in [1.29, 1.82) is 0 Å². The summed E-state index contributed by atoms with van der Waals surface area (Å²) in [6, 6.07) is 5.13. The van der Waals surface area contributed by atoms with Crippen LogP contribution in [0.4, 0.5) is 10.5 Å². The van der Waals surface area contributed by atoms with Crippen molar-refractivity contribution < 1.29 is 19.5 Å². The lowest BCUT2D eigenvalue weighted by Gasteiger charge is -2.24. The fourth-order valence-electron chi connectivity index (χ4n) is 4.10. The van der Waals surface area contributed by atoms with Gasteiger partial charge in [0, 0.05) is 23.8 Å². The van der Waals surface area contributed by atoms with Crippen LogP contribution in [-0.2, 0) is 16.0 Å². The second kappa shape index (κ2) is 7.73. The maximum atomic E-state index is 12.6. The van der Waals surface area contributed by atoms with Crippen molar-refractivity contribution in [2.24, 2.45) is 16.9 Å². The van der Waals surface area contributed by atoms with Crippen LogP contribution >= 0.6 is 0 Å². The van der Waals surface area contributed by atoms with Crippen molar-refractivity contribution in [3.8, 4) is 0 Å². The third-order valence-corrected chi connectivity index (χ3v) is 5.75. The zero-order chi connectivity index (χ0) is 19.7. The second-order valence-corrected chi connectivity index (χ2v) is 8.00. The van der Waals surface area contributed by atoms with E-state index < -0.39 is 18.5 Å². The monoisotopic (exact) mass is 383 g/mol. The summed E-state index contributed by atoms with van der Waals surface area (Å²) in [5.41, 5.74) is 3.08. The maximum Gasteiger partial charge on any atom is 0.342 e. The molecule has 0 atom stereocenters. The third-order valence-electron chi connectivity index (χ3n) is 5.75. The molecule has 0 radical (unpaired) electrons. The molecule has 0 saturated heterocycles. The molecule has 0 aromatic heterocycles. The molecule has 4 rings (SSSR count). The molecular formula is C21H25N3O4. The van der Waals surface area contributed by atoms with E-state index in [0.717, 1.165) is 60.4 Å². The second-order valence-electron chi connectivity index (χ2n) is 8.00. The first-order valence-electron chi connectivity index (χ1n) is 10.1. The first-order valence-corrected chi connectivity index (χ1v) is 10.1. The van der Waals surface area contributed by atoms with E-state index >= 15 is 0 Å². The molecule has 1 aliphatic heterocycles. The summed E-state index contributed by atoms with van der Waals surface area (Å²) in [5.74, 6) is -0.466. The lowest BCUT2D eigenvalue weighted by atomic mass is 9.82. The van der Waals surface area contributed by atoms with Crippen molar-refractivity contribution in [2.75, 3.05) is 11.9 Å². The number of amides is 2. The van der Waals surface area contributed by atoms with Crippen molar-refractivity contribution in [2.45, 2.75) is 51.4 Å². The number of carbonyl (C=O) groups is 3. The number of ketones is 1. The zero-order valence-corrected chi connectivity index (χ0v) is 15.8. The minimum atomic E-state index is -1.11. The lowest BCUT2D eigenvalue weighted by Crippen LogP contribution is -2.34. The van der Waals surface area contributed by atoms with Crippen molar-refractivity contribution >= 4 is 29.2 Å². The van der Waals surface area contributed by atoms with Crippen LogP contribution in [0.2, 0.25) is 0 Å². The molecule has 2 saturated carbocycles. The Labute approximate surface area is 163 Å². The minimum absolute atomic E-state index is 0.193. The number of nitrogens with zero attached hydrogens (tertiary/aromatic N) is 2. The first-order chi connectivity index (χ1) is 13.5. The van der Waals surface area contributed by atoms with Gasteiger partial charge >= 0.3 is 12.0 Å². The summed E-state index contributed by atoms with van der Waals surface area (Å²) in [7, 11) is 0. The van der Waals surface area contributed by atoms with E-state index in [1.54, 1.807) is 0 Å². The molecule has 2 amide bonds.